The Morgan fingerprint density at radius 3 is 2.78 bits per heavy atom. The van der Waals surface area contributed by atoms with Gasteiger partial charge in [-0.2, -0.15) is 5.26 Å². The van der Waals surface area contributed by atoms with Gasteiger partial charge in [-0.15, -0.1) is 11.3 Å². The molecule has 90 valence electrons. The molecule has 0 saturated heterocycles. The van der Waals surface area contributed by atoms with Gasteiger partial charge in [-0.25, -0.2) is 0 Å². The van der Waals surface area contributed by atoms with Crippen molar-refractivity contribution < 1.29 is 4.79 Å². The van der Waals surface area contributed by atoms with Gasteiger partial charge in [0.05, 0.1) is 6.07 Å². The molecule has 2 aromatic rings. The van der Waals surface area contributed by atoms with Crippen molar-refractivity contribution in [2.45, 2.75) is 5.92 Å². The maximum absolute atomic E-state index is 12.3. The summed E-state index contributed by atoms with van der Waals surface area (Å²) in [5.74, 6) is -0.981. The molecule has 1 aromatic carbocycles. The van der Waals surface area contributed by atoms with Crippen LogP contribution in [0.5, 0.6) is 0 Å². The SMILES string of the molecule is N#CC(C(=O)c1ccc(Cl)cc1Br)c1cccs1. The van der Waals surface area contributed by atoms with E-state index >= 15 is 0 Å². The molecule has 0 radical (unpaired) electrons. The fraction of sp³-hybridized carbons (Fsp3) is 0.0769. The lowest BCUT2D eigenvalue weighted by atomic mass is 9.97. The number of hydrogen-bond acceptors (Lipinski definition) is 3. The van der Waals surface area contributed by atoms with Gasteiger partial charge in [0.2, 0.25) is 0 Å². The number of nitrogens with zero attached hydrogens (tertiary/aromatic N) is 1. The number of benzene rings is 1. The maximum atomic E-state index is 12.3. The lowest BCUT2D eigenvalue weighted by molar-refractivity contribution is 0.0979. The van der Waals surface area contributed by atoms with Gasteiger partial charge < -0.3 is 0 Å². The minimum absolute atomic E-state index is 0.219. The number of ketones is 1. The second-order valence-corrected chi connectivity index (χ2v) is 5.84. The van der Waals surface area contributed by atoms with E-state index < -0.39 is 5.92 Å². The van der Waals surface area contributed by atoms with Crippen molar-refractivity contribution in [2.24, 2.45) is 0 Å². The first-order valence-electron chi connectivity index (χ1n) is 5.05. The van der Waals surface area contributed by atoms with Crippen LogP contribution >= 0.6 is 38.9 Å². The van der Waals surface area contributed by atoms with Gasteiger partial charge in [0, 0.05) is 19.9 Å². The maximum Gasteiger partial charge on any atom is 0.186 e. The van der Waals surface area contributed by atoms with E-state index in [2.05, 4.69) is 22.0 Å². The summed E-state index contributed by atoms with van der Waals surface area (Å²) in [5.41, 5.74) is 0.472. The Labute approximate surface area is 122 Å². The van der Waals surface area contributed by atoms with Crippen LogP contribution in [0.25, 0.3) is 0 Å². The van der Waals surface area contributed by atoms with Gasteiger partial charge in [0.1, 0.15) is 5.92 Å². The predicted molar refractivity (Wildman–Crippen MR) is 76.2 cm³/mol. The summed E-state index contributed by atoms with van der Waals surface area (Å²) in [4.78, 5) is 13.1. The molecule has 0 aliphatic heterocycles. The molecule has 0 aliphatic carbocycles. The minimum atomic E-state index is -0.762. The topological polar surface area (TPSA) is 40.9 Å². The number of hydrogen-bond donors (Lipinski definition) is 0. The number of halogens is 2. The Morgan fingerprint density at radius 2 is 2.22 bits per heavy atom. The molecule has 2 nitrogen and oxygen atoms in total. The molecule has 0 aliphatic rings. The molecule has 0 amide bonds. The molecule has 1 heterocycles. The zero-order valence-corrected chi connectivity index (χ0v) is 12.2. The molecule has 0 saturated carbocycles. The van der Waals surface area contributed by atoms with Crippen LogP contribution in [0.1, 0.15) is 21.2 Å². The molecular weight excluding hydrogens is 334 g/mol. The fourth-order valence-corrected chi connectivity index (χ4v) is 3.20. The van der Waals surface area contributed by atoms with Crippen LogP contribution in [-0.2, 0) is 0 Å². The third-order valence-electron chi connectivity index (χ3n) is 2.42. The van der Waals surface area contributed by atoms with Crippen LogP contribution < -0.4 is 0 Å². The first kappa shape index (κ1) is 13.3. The summed E-state index contributed by atoms with van der Waals surface area (Å²) in [6, 6.07) is 10.6. The normalized spacial score (nSPS) is 11.8. The van der Waals surface area contributed by atoms with Crippen LogP contribution in [0.3, 0.4) is 0 Å². The van der Waals surface area contributed by atoms with Crippen molar-refractivity contribution in [3.8, 4) is 6.07 Å². The predicted octanol–water partition coefficient (Wildman–Crippen LogP) is 4.65. The van der Waals surface area contributed by atoms with Crippen LogP contribution in [0.15, 0.2) is 40.2 Å². The summed E-state index contributed by atoms with van der Waals surface area (Å²) >= 11 is 10.5. The van der Waals surface area contributed by atoms with E-state index in [-0.39, 0.29) is 5.78 Å². The molecule has 0 N–H and O–H groups in total. The number of nitriles is 1. The Hall–Kier alpha value is -1.15. The van der Waals surface area contributed by atoms with Crippen LogP contribution in [0.4, 0.5) is 0 Å². The van der Waals surface area contributed by atoms with Gasteiger partial charge in [0.15, 0.2) is 5.78 Å². The van der Waals surface area contributed by atoms with Crippen molar-refractivity contribution in [3.63, 3.8) is 0 Å². The molecule has 5 heteroatoms. The van der Waals surface area contributed by atoms with Crippen molar-refractivity contribution >= 4 is 44.7 Å². The second-order valence-electron chi connectivity index (χ2n) is 3.57. The van der Waals surface area contributed by atoms with Gasteiger partial charge in [-0.1, -0.05) is 17.7 Å². The first-order chi connectivity index (χ1) is 8.63. The van der Waals surface area contributed by atoms with Crippen molar-refractivity contribution in [2.75, 3.05) is 0 Å². The second kappa shape index (κ2) is 5.66. The quantitative estimate of drug-likeness (QED) is 0.763. The summed E-state index contributed by atoms with van der Waals surface area (Å²) in [6.45, 7) is 0. The molecule has 0 bridgehead atoms. The fourth-order valence-electron chi connectivity index (χ4n) is 1.55. The average Bonchev–Trinajstić information content (AvgIpc) is 2.83. The lowest BCUT2D eigenvalue weighted by Crippen LogP contribution is -2.10. The van der Waals surface area contributed by atoms with Gasteiger partial charge in [-0.05, 0) is 45.6 Å². The zero-order chi connectivity index (χ0) is 13.1. The zero-order valence-electron chi connectivity index (χ0n) is 9.06. The lowest BCUT2D eigenvalue weighted by Gasteiger charge is -2.08. The highest BCUT2D eigenvalue weighted by Crippen LogP contribution is 2.29. The third kappa shape index (κ3) is 2.64. The van der Waals surface area contributed by atoms with Crippen molar-refractivity contribution in [1.82, 2.24) is 0 Å². The number of thiophene rings is 1. The number of Topliss-reactive ketones (excluding diaryl/α,β-unsaturated/α-hetero) is 1. The number of rotatable bonds is 3. The summed E-state index contributed by atoms with van der Waals surface area (Å²) in [7, 11) is 0. The number of carbonyl (C=O) groups excluding carboxylic acids is 1. The van der Waals surface area contributed by atoms with E-state index in [9.17, 15) is 4.79 Å². The highest BCUT2D eigenvalue weighted by Gasteiger charge is 2.24. The van der Waals surface area contributed by atoms with E-state index in [1.807, 2.05) is 11.4 Å². The number of carbonyl (C=O) groups is 1. The monoisotopic (exact) mass is 339 g/mol. The molecule has 0 fully saturated rings. The summed E-state index contributed by atoms with van der Waals surface area (Å²) in [6.07, 6.45) is 0. The van der Waals surface area contributed by atoms with Crippen LogP contribution in [0, 0.1) is 11.3 Å². The van der Waals surface area contributed by atoms with E-state index in [0.29, 0.717) is 15.1 Å². The molecule has 1 atom stereocenters. The molecule has 1 aromatic heterocycles. The van der Waals surface area contributed by atoms with Crippen molar-refractivity contribution in [1.29, 1.82) is 5.26 Å². The van der Waals surface area contributed by atoms with E-state index in [0.717, 1.165) is 4.88 Å². The Balaban J connectivity index is 2.39. The molecule has 0 spiro atoms. The van der Waals surface area contributed by atoms with Gasteiger partial charge >= 0.3 is 0 Å². The van der Waals surface area contributed by atoms with E-state index in [4.69, 9.17) is 16.9 Å². The average molecular weight is 341 g/mol. The molecule has 18 heavy (non-hydrogen) atoms. The standard InChI is InChI=1S/C13H7BrClNOS/c14-11-6-8(15)3-4-9(11)13(17)10(7-16)12-2-1-5-18-12/h1-6,10H. The Kier molecular flexibility index (Phi) is 4.18. The Morgan fingerprint density at radius 1 is 1.44 bits per heavy atom. The summed E-state index contributed by atoms with van der Waals surface area (Å²) < 4.78 is 0.608. The smallest absolute Gasteiger partial charge is 0.186 e. The first-order valence-corrected chi connectivity index (χ1v) is 7.11. The van der Waals surface area contributed by atoms with Gasteiger partial charge in [0.25, 0.3) is 0 Å². The minimum Gasteiger partial charge on any atom is -0.292 e. The highest BCUT2D eigenvalue weighted by molar-refractivity contribution is 9.10. The largest absolute Gasteiger partial charge is 0.292 e. The van der Waals surface area contributed by atoms with Crippen LogP contribution in [-0.4, -0.2) is 5.78 Å². The summed E-state index contributed by atoms with van der Waals surface area (Å²) in [5, 5.41) is 11.6. The highest BCUT2D eigenvalue weighted by atomic mass is 79.9. The van der Waals surface area contributed by atoms with Gasteiger partial charge in [-0.3, -0.25) is 4.79 Å². The van der Waals surface area contributed by atoms with Crippen LogP contribution in [0.2, 0.25) is 5.02 Å². The Bertz CT molecular complexity index is 618. The van der Waals surface area contributed by atoms with E-state index in [1.165, 1.54) is 11.3 Å². The molecule has 1 unspecified atom stereocenters. The third-order valence-corrected chi connectivity index (χ3v) is 4.24. The van der Waals surface area contributed by atoms with Crippen molar-refractivity contribution in [3.05, 3.63) is 55.6 Å². The molecular formula is C13H7BrClNOS. The molecule has 2 rings (SSSR count). The van der Waals surface area contributed by atoms with E-state index in [1.54, 1.807) is 24.3 Å².